The Morgan fingerprint density at radius 3 is 2.43 bits per heavy atom. The Morgan fingerprint density at radius 2 is 1.79 bits per heavy atom. The zero-order chi connectivity index (χ0) is 19.5. The van der Waals surface area contributed by atoms with E-state index < -0.39 is 11.6 Å². The summed E-state index contributed by atoms with van der Waals surface area (Å²) in [4.78, 5) is 18.3. The standard InChI is InChI=1S/C18H17F2N7O/c19-14-2-1-13(9-15(14)20)23-18(28)12-5-7-26(8-6-12)16-3-4-17(25-24-16)27-11-21-10-22-27/h1-4,9-12H,5-8H2,(H,23,28). The second-order valence-corrected chi connectivity index (χ2v) is 6.47. The second-order valence-electron chi connectivity index (χ2n) is 6.47. The van der Waals surface area contributed by atoms with Gasteiger partial charge in [-0.2, -0.15) is 5.10 Å². The summed E-state index contributed by atoms with van der Waals surface area (Å²) < 4.78 is 27.8. The van der Waals surface area contributed by atoms with E-state index in [0.717, 1.165) is 18.0 Å². The highest BCUT2D eigenvalue weighted by Crippen LogP contribution is 2.23. The molecule has 1 saturated heterocycles. The van der Waals surface area contributed by atoms with Gasteiger partial charge < -0.3 is 10.2 Å². The number of amides is 1. The quantitative estimate of drug-likeness (QED) is 0.741. The average molecular weight is 385 g/mol. The minimum absolute atomic E-state index is 0.196. The zero-order valence-electron chi connectivity index (χ0n) is 14.8. The van der Waals surface area contributed by atoms with E-state index in [2.05, 4.69) is 30.5 Å². The molecule has 1 fully saturated rings. The summed E-state index contributed by atoms with van der Waals surface area (Å²) in [5.74, 6) is -1.03. The highest BCUT2D eigenvalue weighted by Gasteiger charge is 2.26. The number of piperidine rings is 1. The SMILES string of the molecule is O=C(Nc1ccc(F)c(F)c1)C1CCN(c2ccc(-n3cncn3)nn2)CC1. The number of benzene rings is 1. The number of aromatic nitrogens is 5. The van der Waals surface area contributed by atoms with Gasteiger partial charge in [-0.3, -0.25) is 4.79 Å². The van der Waals surface area contributed by atoms with Crippen LogP contribution in [-0.2, 0) is 4.79 Å². The third-order valence-electron chi connectivity index (χ3n) is 4.67. The van der Waals surface area contributed by atoms with Crippen molar-refractivity contribution in [3.8, 4) is 5.82 Å². The molecule has 4 rings (SSSR count). The van der Waals surface area contributed by atoms with Gasteiger partial charge in [-0.15, -0.1) is 10.2 Å². The van der Waals surface area contributed by atoms with E-state index in [1.54, 1.807) is 12.4 Å². The van der Waals surface area contributed by atoms with Crippen molar-refractivity contribution in [2.75, 3.05) is 23.3 Å². The molecule has 28 heavy (non-hydrogen) atoms. The lowest BCUT2D eigenvalue weighted by atomic mass is 9.96. The summed E-state index contributed by atoms with van der Waals surface area (Å²) in [5, 5.41) is 15.0. The first-order valence-corrected chi connectivity index (χ1v) is 8.80. The van der Waals surface area contributed by atoms with Gasteiger partial charge in [0, 0.05) is 30.8 Å². The Morgan fingerprint density at radius 1 is 1.04 bits per heavy atom. The van der Waals surface area contributed by atoms with Gasteiger partial charge in [0.1, 0.15) is 12.7 Å². The van der Waals surface area contributed by atoms with Crippen molar-refractivity contribution in [3.05, 3.63) is 54.6 Å². The third kappa shape index (κ3) is 3.80. The molecule has 8 nitrogen and oxygen atoms in total. The number of hydrogen-bond donors (Lipinski definition) is 1. The van der Waals surface area contributed by atoms with E-state index in [9.17, 15) is 13.6 Å². The van der Waals surface area contributed by atoms with Crippen LogP contribution < -0.4 is 10.2 Å². The molecule has 3 heterocycles. The first kappa shape index (κ1) is 18.0. The molecule has 144 valence electrons. The van der Waals surface area contributed by atoms with Crippen molar-refractivity contribution in [2.45, 2.75) is 12.8 Å². The van der Waals surface area contributed by atoms with Gasteiger partial charge in [0.05, 0.1) is 0 Å². The smallest absolute Gasteiger partial charge is 0.227 e. The summed E-state index contributed by atoms with van der Waals surface area (Å²) in [7, 11) is 0. The number of anilines is 2. The Kier molecular flexibility index (Phi) is 4.92. The molecule has 0 bridgehead atoms. The molecule has 10 heteroatoms. The minimum atomic E-state index is -0.986. The maximum Gasteiger partial charge on any atom is 0.227 e. The van der Waals surface area contributed by atoms with Crippen LogP contribution >= 0.6 is 0 Å². The number of nitrogens with one attached hydrogen (secondary N) is 1. The number of rotatable bonds is 4. The van der Waals surface area contributed by atoms with Crippen molar-refractivity contribution in [3.63, 3.8) is 0 Å². The first-order valence-electron chi connectivity index (χ1n) is 8.80. The summed E-state index contributed by atoms with van der Waals surface area (Å²) in [6, 6.07) is 6.98. The molecule has 1 amide bonds. The molecule has 0 atom stereocenters. The van der Waals surface area contributed by atoms with Crippen LogP contribution in [0.4, 0.5) is 20.3 Å². The van der Waals surface area contributed by atoms with E-state index >= 15 is 0 Å². The molecule has 0 aliphatic carbocycles. The lowest BCUT2D eigenvalue weighted by molar-refractivity contribution is -0.120. The van der Waals surface area contributed by atoms with E-state index in [1.807, 2.05) is 6.07 Å². The average Bonchev–Trinajstić information content (AvgIpc) is 3.26. The zero-order valence-corrected chi connectivity index (χ0v) is 14.8. The maximum absolute atomic E-state index is 13.3. The normalized spacial score (nSPS) is 14.9. The molecular weight excluding hydrogens is 368 g/mol. The fraction of sp³-hybridized carbons (Fsp3) is 0.278. The summed E-state index contributed by atoms with van der Waals surface area (Å²) in [6.07, 6.45) is 4.22. The number of nitrogens with zero attached hydrogens (tertiary/aromatic N) is 6. The number of carbonyl (C=O) groups excluding carboxylic acids is 1. The second kappa shape index (κ2) is 7.67. The van der Waals surface area contributed by atoms with Gasteiger partial charge >= 0.3 is 0 Å². The molecule has 1 aliphatic heterocycles. The predicted octanol–water partition coefficient (Wildman–Crippen LogP) is 2.19. The number of halogens is 2. The van der Waals surface area contributed by atoms with Crippen LogP contribution in [0.3, 0.4) is 0 Å². The Hall–Kier alpha value is -3.43. The third-order valence-corrected chi connectivity index (χ3v) is 4.67. The molecule has 1 N–H and O–H groups in total. The number of carbonyl (C=O) groups is 1. The van der Waals surface area contributed by atoms with E-state index in [0.29, 0.717) is 31.7 Å². The van der Waals surface area contributed by atoms with Crippen LogP contribution in [0, 0.1) is 17.6 Å². The van der Waals surface area contributed by atoms with Crippen molar-refractivity contribution < 1.29 is 13.6 Å². The maximum atomic E-state index is 13.3. The molecule has 0 unspecified atom stereocenters. The van der Waals surface area contributed by atoms with Gasteiger partial charge in [-0.25, -0.2) is 18.4 Å². The number of hydrogen-bond acceptors (Lipinski definition) is 6. The van der Waals surface area contributed by atoms with Gasteiger partial charge in [-0.1, -0.05) is 0 Å². The van der Waals surface area contributed by atoms with Gasteiger partial charge in [-0.05, 0) is 37.1 Å². The highest BCUT2D eigenvalue weighted by molar-refractivity contribution is 5.92. The largest absolute Gasteiger partial charge is 0.355 e. The topological polar surface area (TPSA) is 88.8 Å². The molecule has 3 aromatic rings. The van der Waals surface area contributed by atoms with Crippen LogP contribution in [0.25, 0.3) is 5.82 Å². The lowest BCUT2D eigenvalue weighted by Gasteiger charge is -2.31. The Balaban J connectivity index is 1.33. The van der Waals surface area contributed by atoms with E-state index in [-0.39, 0.29) is 17.5 Å². The van der Waals surface area contributed by atoms with Crippen molar-refractivity contribution in [1.29, 1.82) is 0 Å². The first-order chi connectivity index (χ1) is 13.6. The molecule has 1 aliphatic rings. The highest BCUT2D eigenvalue weighted by atomic mass is 19.2. The molecule has 0 spiro atoms. The van der Waals surface area contributed by atoms with Gasteiger partial charge in [0.15, 0.2) is 23.3 Å². The molecule has 0 saturated carbocycles. The fourth-order valence-corrected chi connectivity index (χ4v) is 3.12. The van der Waals surface area contributed by atoms with Crippen LogP contribution in [0.1, 0.15) is 12.8 Å². The summed E-state index contributed by atoms with van der Waals surface area (Å²) in [6.45, 7) is 1.29. The lowest BCUT2D eigenvalue weighted by Crippen LogP contribution is -2.38. The molecule has 0 radical (unpaired) electrons. The van der Waals surface area contributed by atoms with Crippen LogP contribution in [0.2, 0.25) is 0 Å². The van der Waals surface area contributed by atoms with E-state index in [4.69, 9.17) is 0 Å². The van der Waals surface area contributed by atoms with Crippen LogP contribution in [0.5, 0.6) is 0 Å². The minimum Gasteiger partial charge on any atom is -0.355 e. The van der Waals surface area contributed by atoms with Crippen LogP contribution in [-0.4, -0.2) is 44.0 Å². The van der Waals surface area contributed by atoms with Crippen molar-refractivity contribution in [1.82, 2.24) is 25.0 Å². The van der Waals surface area contributed by atoms with E-state index in [1.165, 1.54) is 17.1 Å². The Labute approximate surface area is 159 Å². The van der Waals surface area contributed by atoms with Crippen molar-refractivity contribution >= 4 is 17.4 Å². The van der Waals surface area contributed by atoms with Gasteiger partial charge in [0.25, 0.3) is 0 Å². The van der Waals surface area contributed by atoms with Crippen molar-refractivity contribution in [2.24, 2.45) is 5.92 Å². The monoisotopic (exact) mass is 385 g/mol. The van der Waals surface area contributed by atoms with Gasteiger partial charge in [0.2, 0.25) is 5.91 Å². The van der Waals surface area contributed by atoms with Crippen LogP contribution in [0.15, 0.2) is 43.0 Å². The summed E-state index contributed by atoms with van der Waals surface area (Å²) >= 11 is 0. The molecule has 2 aromatic heterocycles. The fourth-order valence-electron chi connectivity index (χ4n) is 3.12. The summed E-state index contributed by atoms with van der Waals surface area (Å²) in [5.41, 5.74) is 0.251. The molecular formula is C18H17F2N7O. The predicted molar refractivity (Wildman–Crippen MR) is 96.9 cm³/mol. The molecule has 1 aromatic carbocycles. The Bertz CT molecular complexity index is 955.